The number of phenolic OH excluding ortho intramolecular Hbond substituents is 1. The number of ketones is 2. The number of aromatic hydroxyl groups is 1. The Morgan fingerprint density at radius 2 is 1.86 bits per heavy atom. The monoisotopic (exact) mass is 578 g/mol. The molecule has 2 saturated carbocycles. The van der Waals surface area contributed by atoms with Crippen molar-refractivity contribution in [2.45, 2.75) is 37.9 Å². The van der Waals surface area contributed by atoms with Crippen LogP contribution >= 0.6 is 0 Å². The lowest BCUT2D eigenvalue weighted by Crippen LogP contribution is -2.66. The second-order valence-corrected chi connectivity index (χ2v) is 10.8. The molecule has 12 heteroatoms. The SMILES string of the molecule is CCOC(=O)CNC(=O)c1cccc(-c2ccc(O)c3c2C[C@H]2C[C@H]4CC(O)C(C(N)=O)C(=O)[C@@]4(O)C(=O)C2=C3O)c1. The highest BCUT2D eigenvalue weighted by Crippen LogP contribution is 2.52. The van der Waals surface area contributed by atoms with Gasteiger partial charge in [0, 0.05) is 17.1 Å². The molecule has 220 valence electrons. The fraction of sp³-hybridized carbons (Fsp3) is 0.367. The summed E-state index contributed by atoms with van der Waals surface area (Å²) >= 11 is 0. The number of amides is 2. The number of hydrogen-bond donors (Lipinski definition) is 6. The standard InChI is InChI=1S/C30H30N2O10/c1-2-42-21(35)12-32-29(40)14-5-3-4-13(8-14)17-6-7-19(33)23-18(17)10-15-9-16-11-20(34)24(28(31)39)27(38)30(16,41)26(37)22(15)25(23)36/h3-8,15-16,20,24,33-34,36,41H,2,9-12H2,1H3,(H2,31,39)(H,32,40)/t15-,16+,20?,24?,30+/m1/s1. The highest BCUT2D eigenvalue weighted by molar-refractivity contribution is 6.24. The molecule has 0 saturated heterocycles. The van der Waals surface area contributed by atoms with Gasteiger partial charge < -0.3 is 36.2 Å². The van der Waals surface area contributed by atoms with Crippen LogP contribution in [0, 0.1) is 17.8 Å². The Morgan fingerprint density at radius 3 is 2.55 bits per heavy atom. The van der Waals surface area contributed by atoms with Gasteiger partial charge in [-0.3, -0.25) is 24.0 Å². The number of carbonyl (C=O) groups is 5. The van der Waals surface area contributed by atoms with Crippen LogP contribution in [0.2, 0.25) is 0 Å². The molecule has 0 spiro atoms. The van der Waals surface area contributed by atoms with E-state index in [1.807, 2.05) is 0 Å². The number of fused-ring (bicyclic) bond motifs is 3. The summed E-state index contributed by atoms with van der Waals surface area (Å²) in [6.45, 7) is 1.52. The van der Waals surface area contributed by atoms with E-state index in [0.29, 0.717) is 16.7 Å². The average Bonchev–Trinajstić information content (AvgIpc) is 2.94. The number of Topliss-reactive ketones (excluding diaryl/α,β-unsaturated/α-hetero) is 2. The Balaban J connectivity index is 1.54. The second kappa shape index (κ2) is 10.7. The van der Waals surface area contributed by atoms with E-state index in [1.165, 1.54) is 6.07 Å². The van der Waals surface area contributed by atoms with Gasteiger partial charge in [0.1, 0.15) is 24.0 Å². The molecule has 2 aromatic carbocycles. The largest absolute Gasteiger partial charge is 0.507 e. The molecule has 3 aliphatic rings. The smallest absolute Gasteiger partial charge is 0.325 e. The predicted molar refractivity (Wildman–Crippen MR) is 146 cm³/mol. The number of benzene rings is 2. The van der Waals surface area contributed by atoms with Crippen molar-refractivity contribution in [3.05, 3.63) is 58.7 Å². The number of primary amides is 1. The van der Waals surface area contributed by atoms with Crippen molar-refractivity contribution < 1.29 is 49.1 Å². The molecular formula is C30H30N2O10. The van der Waals surface area contributed by atoms with Crippen molar-refractivity contribution in [2.24, 2.45) is 23.5 Å². The first-order valence-electron chi connectivity index (χ1n) is 13.5. The molecule has 42 heavy (non-hydrogen) atoms. The lowest BCUT2D eigenvalue weighted by molar-refractivity contribution is -0.174. The summed E-state index contributed by atoms with van der Waals surface area (Å²) in [5.74, 6) is -8.99. The zero-order valence-corrected chi connectivity index (χ0v) is 22.6. The van der Waals surface area contributed by atoms with Crippen molar-refractivity contribution in [3.63, 3.8) is 0 Å². The number of phenols is 1. The number of hydrogen-bond acceptors (Lipinski definition) is 10. The molecule has 0 bridgehead atoms. The van der Waals surface area contributed by atoms with Gasteiger partial charge >= 0.3 is 5.97 Å². The number of aliphatic hydroxyl groups is 3. The topological polar surface area (TPSA) is 214 Å². The van der Waals surface area contributed by atoms with Gasteiger partial charge in [-0.1, -0.05) is 18.2 Å². The summed E-state index contributed by atoms with van der Waals surface area (Å²) in [4.78, 5) is 63.0. The maximum atomic E-state index is 13.7. The summed E-state index contributed by atoms with van der Waals surface area (Å²) in [6, 6.07) is 9.40. The molecule has 2 amide bonds. The van der Waals surface area contributed by atoms with E-state index in [2.05, 4.69) is 5.32 Å². The van der Waals surface area contributed by atoms with E-state index >= 15 is 0 Å². The second-order valence-electron chi connectivity index (χ2n) is 10.8. The molecule has 0 aromatic heterocycles. The summed E-state index contributed by atoms with van der Waals surface area (Å²) in [5, 5.41) is 46.4. The van der Waals surface area contributed by atoms with Crippen molar-refractivity contribution in [1.82, 2.24) is 5.32 Å². The first-order chi connectivity index (χ1) is 19.9. The molecular weight excluding hydrogens is 548 g/mol. The number of nitrogens with one attached hydrogen (secondary N) is 1. The molecule has 5 rings (SSSR count). The Morgan fingerprint density at radius 1 is 1.12 bits per heavy atom. The molecule has 3 aliphatic carbocycles. The van der Waals surface area contributed by atoms with E-state index in [1.54, 1.807) is 37.3 Å². The third-order valence-electron chi connectivity index (χ3n) is 8.40. The van der Waals surface area contributed by atoms with Gasteiger partial charge in [-0.05, 0) is 67.0 Å². The van der Waals surface area contributed by atoms with Crippen LogP contribution in [0.25, 0.3) is 16.9 Å². The predicted octanol–water partition coefficient (Wildman–Crippen LogP) is 0.549. The Bertz CT molecular complexity index is 1560. The highest BCUT2D eigenvalue weighted by Gasteiger charge is 2.64. The molecule has 2 unspecified atom stereocenters. The highest BCUT2D eigenvalue weighted by atomic mass is 16.5. The first kappa shape index (κ1) is 29.0. The van der Waals surface area contributed by atoms with Gasteiger partial charge in [0.15, 0.2) is 11.4 Å². The minimum atomic E-state index is -2.66. The molecule has 0 aliphatic heterocycles. The summed E-state index contributed by atoms with van der Waals surface area (Å²) in [5.41, 5.74) is 4.14. The van der Waals surface area contributed by atoms with Crippen molar-refractivity contribution >= 4 is 35.1 Å². The first-order valence-corrected chi connectivity index (χ1v) is 13.5. The van der Waals surface area contributed by atoms with Crippen LogP contribution in [0.5, 0.6) is 5.75 Å². The molecule has 12 nitrogen and oxygen atoms in total. The number of aliphatic hydroxyl groups excluding tert-OH is 2. The third kappa shape index (κ3) is 4.52. The minimum absolute atomic E-state index is 0.0285. The van der Waals surface area contributed by atoms with Crippen molar-refractivity contribution in [3.8, 4) is 16.9 Å². The van der Waals surface area contributed by atoms with Gasteiger partial charge in [-0.25, -0.2) is 0 Å². The molecule has 0 radical (unpaired) electrons. The van der Waals surface area contributed by atoms with Crippen LogP contribution in [0.3, 0.4) is 0 Å². The number of nitrogens with two attached hydrogens (primary N) is 1. The van der Waals surface area contributed by atoms with Crippen LogP contribution in [0.4, 0.5) is 0 Å². The molecule has 5 atom stereocenters. The van der Waals surface area contributed by atoms with E-state index in [9.17, 15) is 44.4 Å². The van der Waals surface area contributed by atoms with Crippen LogP contribution in [-0.2, 0) is 30.3 Å². The van der Waals surface area contributed by atoms with E-state index in [0.717, 1.165) is 0 Å². The summed E-state index contributed by atoms with van der Waals surface area (Å²) in [6.07, 6.45) is -1.55. The van der Waals surface area contributed by atoms with Crippen LogP contribution < -0.4 is 11.1 Å². The van der Waals surface area contributed by atoms with Gasteiger partial charge in [0.05, 0.1) is 18.3 Å². The quantitative estimate of drug-likeness (QED) is 0.207. The van der Waals surface area contributed by atoms with Gasteiger partial charge in [-0.2, -0.15) is 0 Å². The average molecular weight is 579 g/mol. The zero-order chi connectivity index (χ0) is 30.5. The maximum absolute atomic E-state index is 13.7. The van der Waals surface area contributed by atoms with Crippen LogP contribution in [0.1, 0.15) is 41.3 Å². The van der Waals surface area contributed by atoms with E-state index in [4.69, 9.17) is 10.5 Å². The lowest BCUT2D eigenvalue weighted by Gasteiger charge is -2.48. The van der Waals surface area contributed by atoms with Gasteiger partial charge in [0.2, 0.25) is 11.7 Å². The molecule has 0 heterocycles. The van der Waals surface area contributed by atoms with Crippen LogP contribution in [-0.4, -0.2) is 74.6 Å². The third-order valence-corrected chi connectivity index (χ3v) is 8.40. The van der Waals surface area contributed by atoms with Crippen molar-refractivity contribution in [2.75, 3.05) is 13.2 Å². The van der Waals surface area contributed by atoms with Crippen molar-refractivity contribution in [1.29, 1.82) is 0 Å². The fourth-order valence-electron chi connectivity index (χ4n) is 6.49. The summed E-state index contributed by atoms with van der Waals surface area (Å²) in [7, 11) is 0. The lowest BCUT2D eigenvalue weighted by atomic mass is 9.56. The Labute approximate surface area is 239 Å². The molecule has 2 fully saturated rings. The number of rotatable bonds is 6. The number of ether oxygens (including phenoxy) is 1. The molecule has 2 aromatic rings. The Hall–Kier alpha value is -4.55. The van der Waals surface area contributed by atoms with Gasteiger partial charge in [-0.15, -0.1) is 0 Å². The van der Waals surface area contributed by atoms with Crippen LogP contribution in [0.15, 0.2) is 42.0 Å². The Kier molecular flexibility index (Phi) is 7.37. The minimum Gasteiger partial charge on any atom is -0.507 e. The van der Waals surface area contributed by atoms with E-state index < -0.39 is 64.6 Å². The normalized spacial score (nSPS) is 26.5. The number of esters is 1. The van der Waals surface area contributed by atoms with Gasteiger partial charge in [0.25, 0.3) is 5.91 Å². The van der Waals surface area contributed by atoms with E-state index in [-0.39, 0.29) is 54.9 Å². The number of carbonyl (C=O) groups excluding carboxylic acids is 5. The maximum Gasteiger partial charge on any atom is 0.325 e. The fourth-order valence-corrected chi connectivity index (χ4v) is 6.49. The zero-order valence-electron chi connectivity index (χ0n) is 22.6. The molecule has 7 N–H and O–H groups in total. The summed E-state index contributed by atoms with van der Waals surface area (Å²) < 4.78 is 4.82.